The second-order valence-corrected chi connectivity index (χ2v) is 6.97. The van der Waals surface area contributed by atoms with Crippen LogP contribution in [0.25, 0.3) is 0 Å². The van der Waals surface area contributed by atoms with Crippen LogP contribution in [0.3, 0.4) is 0 Å². The number of hydrogen-bond acceptors (Lipinski definition) is 7. The highest BCUT2D eigenvalue weighted by molar-refractivity contribution is 5.92. The number of carbonyl (C=O) groups excluding carboxylic acids is 4. The summed E-state index contributed by atoms with van der Waals surface area (Å²) in [5, 5.41) is 0. The number of ether oxygens (including phenoxy) is 3. The smallest absolute Gasteiger partial charge is 0.334 e. The lowest BCUT2D eigenvalue weighted by Crippen LogP contribution is -2.45. The lowest BCUT2D eigenvalue weighted by molar-refractivity contribution is -0.166. The Hall–Kier alpha value is -2.96. The minimum atomic E-state index is -1.20. The quantitative estimate of drug-likeness (QED) is 0.240. The van der Waals surface area contributed by atoms with Gasteiger partial charge in [-0.15, -0.1) is 0 Å². The fourth-order valence-corrected chi connectivity index (χ4v) is 3.24. The molecule has 0 spiro atoms. The minimum Gasteiger partial charge on any atom is -0.454 e. The maximum absolute atomic E-state index is 12.3. The zero-order valence-corrected chi connectivity index (χ0v) is 16.2. The molecule has 0 unspecified atom stereocenters. The number of esters is 3. The van der Waals surface area contributed by atoms with E-state index in [1.54, 1.807) is 12.2 Å². The van der Waals surface area contributed by atoms with Crippen molar-refractivity contribution in [2.24, 2.45) is 5.92 Å². The zero-order valence-electron chi connectivity index (χ0n) is 16.2. The number of carbonyl (C=O) groups is 4. The van der Waals surface area contributed by atoms with Gasteiger partial charge in [-0.2, -0.15) is 0 Å². The molecule has 1 fully saturated rings. The first-order valence-corrected chi connectivity index (χ1v) is 8.91. The van der Waals surface area contributed by atoms with Crippen LogP contribution in [0.2, 0.25) is 0 Å². The van der Waals surface area contributed by atoms with Crippen molar-refractivity contribution in [3.05, 3.63) is 47.6 Å². The third-order valence-electron chi connectivity index (χ3n) is 4.63. The topological polar surface area (TPSA) is 96.0 Å². The summed E-state index contributed by atoms with van der Waals surface area (Å²) in [7, 11) is 0. The Bertz CT molecular complexity index is 787. The first-order valence-electron chi connectivity index (χ1n) is 8.91. The van der Waals surface area contributed by atoms with Crippen molar-refractivity contribution in [3.63, 3.8) is 0 Å². The predicted octanol–water partition coefficient (Wildman–Crippen LogP) is 2.37. The molecule has 1 saturated heterocycles. The highest BCUT2D eigenvalue weighted by Crippen LogP contribution is 2.37. The van der Waals surface area contributed by atoms with E-state index in [1.165, 1.54) is 13.8 Å². The predicted molar refractivity (Wildman–Crippen MR) is 99.9 cm³/mol. The number of rotatable bonds is 4. The van der Waals surface area contributed by atoms with Gasteiger partial charge in [0.2, 0.25) is 0 Å². The van der Waals surface area contributed by atoms with Crippen LogP contribution >= 0.6 is 0 Å². The maximum atomic E-state index is 12.3. The maximum Gasteiger partial charge on any atom is 0.334 e. The molecule has 0 radical (unpaired) electrons. The molecule has 150 valence electrons. The van der Waals surface area contributed by atoms with Crippen molar-refractivity contribution < 1.29 is 33.4 Å². The van der Waals surface area contributed by atoms with Gasteiger partial charge in [-0.1, -0.05) is 24.8 Å². The first kappa shape index (κ1) is 21.3. The fourth-order valence-electron chi connectivity index (χ4n) is 3.24. The van der Waals surface area contributed by atoms with Gasteiger partial charge < -0.3 is 14.2 Å². The van der Waals surface area contributed by atoms with Crippen LogP contribution in [0, 0.1) is 5.92 Å². The average molecular weight is 388 g/mol. The Labute approximate surface area is 163 Å². The molecule has 0 aromatic carbocycles. The third kappa shape index (κ3) is 4.65. The molecule has 0 bridgehead atoms. The van der Waals surface area contributed by atoms with E-state index in [-0.39, 0.29) is 16.7 Å². The lowest BCUT2D eigenvalue weighted by Gasteiger charge is -2.32. The summed E-state index contributed by atoms with van der Waals surface area (Å²) in [6.45, 7) is 11.9. The van der Waals surface area contributed by atoms with Crippen molar-refractivity contribution in [3.8, 4) is 0 Å². The van der Waals surface area contributed by atoms with Crippen LogP contribution in [0.4, 0.5) is 0 Å². The van der Waals surface area contributed by atoms with E-state index in [0.29, 0.717) is 19.1 Å². The molecule has 7 nitrogen and oxygen atoms in total. The molecule has 0 N–H and O–H groups in total. The van der Waals surface area contributed by atoms with E-state index < -0.39 is 42.1 Å². The summed E-state index contributed by atoms with van der Waals surface area (Å²) < 4.78 is 16.3. The molecule has 7 heteroatoms. The van der Waals surface area contributed by atoms with Gasteiger partial charge >= 0.3 is 17.9 Å². The van der Waals surface area contributed by atoms with E-state index in [9.17, 15) is 19.2 Å². The van der Waals surface area contributed by atoms with Gasteiger partial charge in [0.05, 0.1) is 5.92 Å². The second kappa shape index (κ2) is 8.82. The van der Waals surface area contributed by atoms with Crippen LogP contribution in [0.1, 0.15) is 33.6 Å². The summed E-state index contributed by atoms with van der Waals surface area (Å²) in [6, 6.07) is 0. The molecule has 28 heavy (non-hydrogen) atoms. The minimum absolute atomic E-state index is 0.0801. The SMILES string of the molecule is C=C(C)C(=O)O[C@@H]1[C@@H]2C(=C)C(=O)O[C@H]2/C=C(\C)CC/C=C(\C=O)[C@@H]1OC(C)=O. The summed E-state index contributed by atoms with van der Waals surface area (Å²) in [4.78, 5) is 47.9. The number of aldehydes is 1. The number of hydrogen-bond donors (Lipinski definition) is 0. The molecular weight excluding hydrogens is 364 g/mol. The van der Waals surface area contributed by atoms with Crippen molar-refractivity contribution >= 4 is 24.2 Å². The van der Waals surface area contributed by atoms with Gasteiger partial charge in [-0.3, -0.25) is 9.59 Å². The fraction of sp³-hybridized carbons (Fsp3) is 0.429. The molecule has 0 saturated carbocycles. The first-order chi connectivity index (χ1) is 13.1. The van der Waals surface area contributed by atoms with Gasteiger partial charge in [0, 0.05) is 23.6 Å². The van der Waals surface area contributed by atoms with Gasteiger partial charge in [0.15, 0.2) is 12.2 Å². The molecule has 0 amide bonds. The summed E-state index contributed by atoms with van der Waals surface area (Å²) >= 11 is 0. The largest absolute Gasteiger partial charge is 0.454 e. The van der Waals surface area contributed by atoms with Gasteiger partial charge in [-0.05, 0) is 32.8 Å². The normalized spacial score (nSPS) is 31.2. The van der Waals surface area contributed by atoms with Crippen LogP contribution < -0.4 is 0 Å². The van der Waals surface area contributed by atoms with Crippen LogP contribution in [-0.2, 0) is 33.4 Å². The highest BCUT2D eigenvalue weighted by atomic mass is 16.6. The third-order valence-corrected chi connectivity index (χ3v) is 4.63. The lowest BCUT2D eigenvalue weighted by atomic mass is 9.83. The zero-order chi connectivity index (χ0) is 21.0. The average Bonchev–Trinajstić information content (AvgIpc) is 2.88. The van der Waals surface area contributed by atoms with E-state index in [4.69, 9.17) is 14.2 Å². The molecule has 4 atom stereocenters. The van der Waals surface area contributed by atoms with Crippen molar-refractivity contribution in [2.45, 2.75) is 51.9 Å². The molecule has 0 aromatic rings. The second-order valence-electron chi connectivity index (χ2n) is 6.97. The van der Waals surface area contributed by atoms with Crippen LogP contribution in [-0.4, -0.2) is 42.5 Å². The Balaban J connectivity index is 2.63. The van der Waals surface area contributed by atoms with E-state index in [2.05, 4.69) is 13.2 Å². The van der Waals surface area contributed by atoms with Crippen molar-refractivity contribution in [1.29, 1.82) is 0 Å². The Kier molecular flexibility index (Phi) is 6.72. The van der Waals surface area contributed by atoms with Crippen molar-refractivity contribution in [1.82, 2.24) is 0 Å². The van der Waals surface area contributed by atoms with Crippen LogP contribution in [0.5, 0.6) is 0 Å². The standard InChI is InChI=1S/C21H24O7/c1-11(2)20(24)28-19-17-13(4)21(25)27-16(17)9-12(3)7-6-8-15(10-22)18(19)26-14(5)23/h8-10,16-19H,1,4,6-7H2,2-3,5H3/b12-9+,15-8+/t16-,17+,18-,19+/m0/s1. The molecule has 0 aromatic heterocycles. The molecule has 1 aliphatic heterocycles. The van der Waals surface area contributed by atoms with E-state index in [0.717, 1.165) is 5.57 Å². The van der Waals surface area contributed by atoms with Gasteiger partial charge in [0.1, 0.15) is 12.4 Å². The van der Waals surface area contributed by atoms with Gasteiger partial charge in [-0.25, -0.2) is 9.59 Å². The summed E-state index contributed by atoms with van der Waals surface area (Å²) in [5.74, 6) is -2.86. The molecule has 2 rings (SSSR count). The Morgan fingerprint density at radius 1 is 1.29 bits per heavy atom. The molecule has 1 aliphatic carbocycles. The van der Waals surface area contributed by atoms with Crippen molar-refractivity contribution in [2.75, 3.05) is 0 Å². The highest BCUT2D eigenvalue weighted by Gasteiger charge is 2.49. The van der Waals surface area contributed by atoms with E-state index in [1.807, 2.05) is 6.92 Å². The molecule has 1 heterocycles. The van der Waals surface area contributed by atoms with Crippen LogP contribution in [0.15, 0.2) is 47.6 Å². The number of fused-ring (bicyclic) bond motifs is 1. The monoisotopic (exact) mass is 388 g/mol. The molecular formula is C21H24O7. The molecule has 2 aliphatic rings. The van der Waals surface area contributed by atoms with Gasteiger partial charge in [0.25, 0.3) is 0 Å². The van der Waals surface area contributed by atoms with E-state index >= 15 is 0 Å². The Morgan fingerprint density at radius 2 is 1.96 bits per heavy atom. The number of allylic oxidation sites excluding steroid dienone is 2. The summed E-state index contributed by atoms with van der Waals surface area (Å²) in [5.41, 5.74) is 1.29. The Morgan fingerprint density at radius 3 is 2.54 bits per heavy atom. The summed E-state index contributed by atoms with van der Waals surface area (Å²) in [6.07, 6.45) is 1.94.